The highest BCUT2D eigenvalue weighted by Gasteiger charge is 2.25. The number of ether oxygens (including phenoxy) is 1. The van der Waals surface area contributed by atoms with E-state index in [4.69, 9.17) is 4.74 Å². The third-order valence-electron chi connectivity index (χ3n) is 5.37. The van der Waals surface area contributed by atoms with Gasteiger partial charge in [0.25, 0.3) is 0 Å². The molecule has 0 heterocycles. The first-order valence-corrected chi connectivity index (χ1v) is 9.80. The summed E-state index contributed by atoms with van der Waals surface area (Å²) >= 11 is 0. The zero-order valence-corrected chi connectivity index (χ0v) is 17.1. The van der Waals surface area contributed by atoms with Gasteiger partial charge in [-0.25, -0.2) is 8.78 Å². The number of aliphatic carboxylic acids is 1. The predicted molar refractivity (Wildman–Crippen MR) is 117 cm³/mol. The number of carboxylic acid groups (broad SMARTS) is 1. The lowest BCUT2D eigenvalue weighted by molar-refractivity contribution is -0.135. The van der Waals surface area contributed by atoms with Gasteiger partial charge in [0.1, 0.15) is 23.1 Å². The molecule has 0 fully saturated rings. The molecule has 0 bridgehead atoms. The summed E-state index contributed by atoms with van der Waals surface area (Å²) in [6.07, 6.45) is 1.82. The Hall–Kier alpha value is -3.73. The largest absolute Gasteiger partial charge is 0.481 e. The Bertz CT molecular complexity index is 1240. The SMILES string of the molecule is CC1=C(CC(=O)O)c2cc(F)ccc2/C1=C\c1ccc(Oc2ccc(F)cc2)cc1C. The summed E-state index contributed by atoms with van der Waals surface area (Å²) in [7, 11) is 0. The number of carboxylic acids is 1. The van der Waals surface area contributed by atoms with E-state index in [9.17, 15) is 18.7 Å². The van der Waals surface area contributed by atoms with Gasteiger partial charge in [0.05, 0.1) is 6.42 Å². The topological polar surface area (TPSA) is 46.5 Å². The number of benzene rings is 3. The molecule has 0 radical (unpaired) electrons. The summed E-state index contributed by atoms with van der Waals surface area (Å²) in [4.78, 5) is 11.3. The minimum absolute atomic E-state index is 0.164. The molecule has 0 saturated heterocycles. The van der Waals surface area contributed by atoms with Crippen LogP contribution in [0.3, 0.4) is 0 Å². The van der Waals surface area contributed by atoms with Crippen LogP contribution < -0.4 is 4.74 Å². The van der Waals surface area contributed by atoms with E-state index < -0.39 is 11.8 Å². The van der Waals surface area contributed by atoms with Crippen LogP contribution in [0, 0.1) is 18.6 Å². The van der Waals surface area contributed by atoms with Gasteiger partial charge in [-0.2, -0.15) is 0 Å². The molecule has 31 heavy (non-hydrogen) atoms. The van der Waals surface area contributed by atoms with Crippen LogP contribution in [-0.2, 0) is 4.79 Å². The highest BCUT2D eigenvalue weighted by Crippen LogP contribution is 2.44. The number of fused-ring (bicyclic) bond motifs is 1. The standard InChI is InChI=1S/C26H20F2O3/c1-15-11-21(31-20-8-4-18(27)5-9-20)7-3-17(15)12-23-16(2)24(14-26(29)30)25-13-19(28)6-10-22(23)25/h3-13H,14H2,1-2H3,(H,29,30)/b23-12-. The van der Waals surface area contributed by atoms with Gasteiger partial charge >= 0.3 is 5.97 Å². The quantitative estimate of drug-likeness (QED) is 0.492. The molecular formula is C26H20F2O3. The lowest BCUT2D eigenvalue weighted by atomic mass is 9.98. The van der Waals surface area contributed by atoms with Crippen molar-refractivity contribution < 1.29 is 23.4 Å². The van der Waals surface area contributed by atoms with Crippen molar-refractivity contribution in [2.75, 3.05) is 0 Å². The second-order valence-corrected chi connectivity index (χ2v) is 7.50. The fraction of sp³-hybridized carbons (Fsp3) is 0.115. The monoisotopic (exact) mass is 418 g/mol. The van der Waals surface area contributed by atoms with Gasteiger partial charge < -0.3 is 9.84 Å². The van der Waals surface area contributed by atoms with Crippen molar-refractivity contribution in [2.24, 2.45) is 0 Å². The number of hydrogen-bond donors (Lipinski definition) is 1. The second-order valence-electron chi connectivity index (χ2n) is 7.50. The molecule has 0 amide bonds. The smallest absolute Gasteiger partial charge is 0.307 e. The maximum Gasteiger partial charge on any atom is 0.307 e. The summed E-state index contributed by atoms with van der Waals surface area (Å²) < 4.78 is 32.7. The van der Waals surface area contributed by atoms with Crippen LogP contribution >= 0.6 is 0 Å². The van der Waals surface area contributed by atoms with Crippen LogP contribution in [0.5, 0.6) is 11.5 Å². The molecular weight excluding hydrogens is 398 g/mol. The maximum atomic E-state index is 13.8. The number of halogens is 2. The Balaban J connectivity index is 1.70. The molecule has 3 aromatic rings. The van der Waals surface area contributed by atoms with Crippen molar-refractivity contribution in [3.05, 3.63) is 100 Å². The van der Waals surface area contributed by atoms with E-state index in [1.807, 2.05) is 38.1 Å². The summed E-state index contributed by atoms with van der Waals surface area (Å²) in [5.74, 6) is -0.513. The van der Waals surface area contributed by atoms with E-state index in [0.717, 1.165) is 27.8 Å². The highest BCUT2D eigenvalue weighted by molar-refractivity contribution is 6.07. The number of rotatable bonds is 5. The van der Waals surface area contributed by atoms with Gasteiger partial charge in [0, 0.05) is 0 Å². The molecule has 0 aliphatic heterocycles. The van der Waals surface area contributed by atoms with E-state index in [1.165, 1.54) is 24.3 Å². The Morgan fingerprint density at radius 3 is 2.26 bits per heavy atom. The van der Waals surface area contributed by atoms with Gasteiger partial charge in [0.2, 0.25) is 0 Å². The first-order chi connectivity index (χ1) is 14.8. The maximum absolute atomic E-state index is 13.8. The third kappa shape index (κ3) is 4.26. The molecule has 3 aromatic carbocycles. The third-order valence-corrected chi connectivity index (χ3v) is 5.37. The molecule has 0 spiro atoms. The molecule has 1 N–H and O–H groups in total. The minimum Gasteiger partial charge on any atom is -0.481 e. The predicted octanol–water partition coefficient (Wildman–Crippen LogP) is 6.87. The fourth-order valence-electron chi connectivity index (χ4n) is 3.80. The van der Waals surface area contributed by atoms with Crippen LogP contribution in [0.25, 0.3) is 17.2 Å². The minimum atomic E-state index is -0.954. The van der Waals surface area contributed by atoms with Crippen molar-refractivity contribution in [2.45, 2.75) is 20.3 Å². The van der Waals surface area contributed by atoms with Crippen molar-refractivity contribution in [3.8, 4) is 11.5 Å². The average molecular weight is 418 g/mol. The average Bonchev–Trinajstić information content (AvgIpc) is 2.96. The van der Waals surface area contributed by atoms with Gasteiger partial charge in [-0.05, 0) is 107 Å². The lowest BCUT2D eigenvalue weighted by Crippen LogP contribution is -1.97. The van der Waals surface area contributed by atoms with E-state index in [-0.39, 0.29) is 12.2 Å². The molecule has 0 saturated carbocycles. The van der Waals surface area contributed by atoms with E-state index in [2.05, 4.69) is 0 Å². The molecule has 0 atom stereocenters. The first-order valence-electron chi connectivity index (χ1n) is 9.80. The molecule has 4 rings (SSSR count). The van der Waals surface area contributed by atoms with Crippen LogP contribution in [-0.4, -0.2) is 11.1 Å². The lowest BCUT2D eigenvalue weighted by Gasteiger charge is -2.10. The van der Waals surface area contributed by atoms with E-state index in [0.29, 0.717) is 22.6 Å². The number of aryl methyl sites for hydroxylation is 1. The molecule has 5 heteroatoms. The van der Waals surface area contributed by atoms with Gasteiger partial charge in [-0.3, -0.25) is 4.79 Å². The molecule has 1 aliphatic rings. The Kier molecular flexibility index (Phi) is 5.42. The van der Waals surface area contributed by atoms with Crippen molar-refractivity contribution in [3.63, 3.8) is 0 Å². The summed E-state index contributed by atoms with van der Waals surface area (Å²) in [6, 6.07) is 15.9. The van der Waals surface area contributed by atoms with E-state index >= 15 is 0 Å². The van der Waals surface area contributed by atoms with Gasteiger partial charge in [-0.15, -0.1) is 0 Å². The number of allylic oxidation sites excluding steroid dienone is 2. The Morgan fingerprint density at radius 1 is 0.903 bits per heavy atom. The number of carbonyl (C=O) groups is 1. The number of hydrogen-bond acceptors (Lipinski definition) is 2. The molecule has 0 unspecified atom stereocenters. The van der Waals surface area contributed by atoms with E-state index in [1.54, 1.807) is 18.2 Å². The summed E-state index contributed by atoms with van der Waals surface area (Å²) in [6.45, 7) is 3.81. The summed E-state index contributed by atoms with van der Waals surface area (Å²) in [5, 5.41) is 9.29. The first kappa shape index (κ1) is 20.5. The zero-order valence-electron chi connectivity index (χ0n) is 17.1. The Labute approximate surface area is 178 Å². The van der Waals surface area contributed by atoms with Crippen molar-refractivity contribution in [1.29, 1.82) is 0 Å². The molecule has 1 aliphatic carbocycles. The highest BCUT2D eigenvalue weighted by atomic mass is 19.1. The normalized spacial score (nSPS) is 14.1. The zero-order chi connectivity index (χ0) is 22.1. The fourth-order valence-corrected chi connectivity index (χ4v) is 3.80. The van der Waals surface area contributed by atoms with Crippen LogP contribution in [0.1, 0.15) is 35.6 Å². The van der Waals surface area contributed by atoms with Crippen molar-refractivity contribution in [1.82, 2.24) is 0 Å². The molecule has 0 aromatic heterocycles. The molecule has 156 valence electrons. The second kappa shape index (κ2) is 8.19. The van der Waals surface area contributed by atoms with Crippen molar-refractivity contribution >= 4 is 23.2 Å². The summed E-state index contributed by atoms with van der Waals surface area (Å²) in [5.41, 5.74) is 5.67. The molecule has 3 nitrogen and oxygen atoms in total. The van der Waals surface area contributed by atoms with Crippen LogP contribution in [0.2, 0.25) is 0 Å². The van der Waals surface area contributed by atoms with Crippen LogP contribution in [0.15, 0.2) is 66.2 Å². The van der Waals surface area contributed by atoms with Gasteiger partial charge in [-0.1, -0.05) is 12.1 Å². The van der Waals surface area contributed by atoms with Crippen LogP contribution in [0.4, 0.5) is 8.78 Å². The van der Waals surface area contributed by atoms with Gasteiger partial charge in [0.15, 0.2) is 0 Å². The Morgan fingerprint density at radius 2 is 1.58 bits per heavy atom.